The van der Waals surface area contributed by atoms with E-state index >= 15 is 0 Å². The van der Waals surface area contributed by atoms with Crippen molar-refractivity contribution in [3.63, 3.8) is 0 Å². The molecule has 1 heterocycles. The number of hydrogen-bond acceptors (Lipinski definition) is 4. The molecule has 21 heavy (non-hydrogen) atoms. The van der Waals surface area contributed by atoms with Crippen LogP contribution in [-0.2, 0) is 9.59 Å². The molecule has 112 valence electrons. The van der Waals surface area contributed by atoms with Gasteiger partial charge in [0.2, 0.25) is 5.91 Å². The Morgan fingerprint density at radius 1 is 1.38 bits per heavy atom. The lowest BCUT2D eigenvalue weighted by atomic mass is 10.1. The van der Waals surface area contributed by atoms with Gasteiger partial charge in [0, 0.05) is 11.6 Å². The summed E-state index contributed by atoms with van der Waals surface area (Å²) in [6, 6.07) is 4.86. The van der Waals surface area contributed by atoms with Gasteiger partial charge in [-0.05, 0) is 39.0 Å². The summed E-state index contributed by atoms with van der Waals surface area (Å²) in [6.07, 6.45) is 0. The molecule has 6 nitrogen and oxygen atoms in total. The van der Waals surface area contributed by atoms with Gasteiger partial charge in [0.15, 0.2) is 12.4 Å². The van der Waals surface area contributed by atoms with E-state index < -0.39 is 0 Å². The average Bonchev–Trinajstić information content (AvgIpc) is 2.40. The maximum Gasteiger partial charge on any atom is 0.265 e. The van der Waals surface area contributed by atoms with Crippen molar-refractivity contribution in [2.24, 2.45) is 0 Å². The number of rotatable bonds is 4. The van der Waals surface area contributed by atoms with Crippen LogP contribution in [0.15, 0.2) is 18.2 Å². The molecule has 1 aromatic carbocycles. The number of Topliss-reactive ketones (excluding diaryl/α,β-unsaturated/α-hetero) is 1. The smallest absolute Gasteiger partial charge is 0.265 e. The van der Waals surface area contributed by atoms with Crippen LogP contribution in [0.4, 0.5) is 5.69 Å². The maximum atomic E-state index is 12.0. The normalized spacial score (nSPS) is 13.7. The number of nitrogens with zero attached hydrogens (tertiary/aromatic N) is 1. The van der Waals surface area contributed by atoms with Gasteiger partial charge in [-0.25, -0.2) is 0 Å². The number of carbonyl (C=O) groups is 3. The number of carbonyl (C=O) groups excluding carboxylic acids is 3. The van der Waals surface area contributed by atoms with Crippen LogP contribution < -0.4 is 15.0 Å². The Labute approximate surface area is 123 Å². The SMILES string of the molecule is CC(=O)c1ccc2c(c1)N(CC(=O)NC(C)C)C(=O)CO2. The van der Waals surface area contributed by atoms with Gasteiger partial charge in [0.05, 0.1) is 5.69 Å². The highest BCUT2D eigenvalue weighted by Crippen LogP contribution is 2.32. The third-order valence-electron chi connectivity index (χ3n) is 3.06. The molecule has 1 aliphatic rings. The molecule has 0 aromatic heterocycles. The van der Waals surface area contributed by atoms with Crippen LogP contribution in [0.5, 0.6) is 5.75 Å². The van der Waals surface area contributed by atoms with E-state index in [1.807, 2.05) is 13.8 Å². The standard InChI is InChI=1S/C15H18N2O4/c1-9(2)16-14(19)7-17-12-6-11(10(3)18)4-5-13(12)21-8-15(17)20/h4-6,9H,7-8H2,1-3H3,(H,16,19). The first kappa shape index (κ1) is 15.0. The number of ketones is 1. The van der Waals surface area contributed by atoms with Gasteiger partial charge in [-0.3, -0.25) is 19.3 Å². The fraction of sp³-hybridized carbons (Fsp3) is 0.400. The Kier molecular flexibility index (Phi) is 4.26. The summed E-state index contributed by atoms with van der Waals surface area (Å²) in [5, 5.41) is 2.74. The highest BCUT2D eigenvalue weighted by Gasteiger charge is 2.28. The molecule has 6 heteroatoms. The molecule has 0 atom stereocenters. The largest absolute Gasteiger partial charge is 0.482 e. The van der Waals surface area contributed by atoms with E-state index in [9.17, 15) is 14.4 Å². The lowest BCUT2D eigenvalue weighted by Crippen LogP contribution is -2.46. The predicted octanol–water partition coefficient (Wildman–Crippen LogP) is 1.14. The fourth-order valence-electron chi connectivity index (χ4n) is 2.11. The summed E-state index contributed by atoms with van der Waals surface area (Å²) >= 11 is 0. The van der Waals surface area contributed by atoms with Crippen molar-refractivity contribution in [2.75, 3.05) is 18.1 Å². The molecule has 0 fully saturated rings. The van der Waals surface area contributed by atoms with Gasteiger partial charge in [-0.15, -0.1) is 0 Å². The summed E-state index contributed by atoms with van der Waals surface area (Å²) in [4.78, 5) is 36.7. The number of amides is 2. The molecule has 2 rings (SSSR count). The number of hydrogen-bond donors (Lipinski definition) is 1. The molecule has 0 unspecified atom stereocenters. The third-order valence-corrected chi connectivity index (χ3v) is 3.06. The van der Waals surface area contributed by atoms with E-state index in [0.29, 0.717) is 17.0 Å². The monoisotopic (exact) mass is 290 g/mol. The average molecular weight is 290 g/mol. The van der Waals surface area contributed by atoms with Gasteiger partial charge in [-0.1, -0.05) is 0 Å². The van der Waals surface area contributed by atoms with Crippen LogP contribution in [-0.4, -0.2) is 36.8 Å². The molecular weight excluding hydrogens is 272 g/mol. The van der Waals surface area contributed by atoms with Crippen molar-refractivity contribution < 1.29 is 19.1 Å². The first-order chi connectivity index (χ1) is 9.88. The molecule has 0 saturated heterocycles. The summed E-state index contributed by atoms with van der Waals surface area (Å²) in [5.41, 5.74) is 0.930. The van der Waals surface area contributed by atoms with Crippen LogP contribution in [0.3, 0.4) is 0 Å². The van der Waals surface area contributed by atoms with Gasteiger partial charge in [0.25, 0.3) is 5.91 Å². The highest BCUT2D eigenvalue weighted by atomic mass is 16.5. The summed E-state index contributed by atoms with van der Waals surface area (Å²) in [5.74, 6) is -0.166. The molecule has 0 aliphatic carbocycles. The molecule has 1 N–H and O–H groups in total. The van der Waals surface area contributed by atoms with Gasteiger partial charge in [0.1, 0.15) is 12.3 Å². The van der Waals surface area contributed by atoms with E-state index in [2.05, 4.69) is 5.32 Å². The summed E-state index contributed by atoms with van der Waals surface area (Å²) in [7, 11) is 0. The minimum Gasteiger partial charge on any atom is -0.482 e. The molecule has 2 amide bonds. The third kappa shape index (κ3) is 3.39. The Hall–Kier alpha value is -2.37. The lowest BCUT2D eigenvalue weighted by Gasteiger charge is -2.29. The van der Waals surface area contributed by atoms with Crippen molar-refractivity contribution in [2.45, 2.75) is 26.8 Å². The second-order valence-electron chi connectivity index (χ2n) is 5.23. The number of anilines is 1. The summed E-state index contributed by atoms with van der Waals surface area (Å²) < 4.78 is 5.33. The fourth-order valence-corrected chi connectivity index (χ4v) is 2.11. The molecule has 0 radical (unpaired) electrons. The Bertz CT molecular complexity index is 595. The van der Waals surface area contributed by atoms with Gasteiger partial charge < -0.3 is 10.1 Å². The van der Waals surface area contributed by atoms with Gasteiger partial charge >= 0.3 is 0 Å². The number of ether oxygens (including phenoxy) is 1. The maximum absolute atomic E-state index is 12.0. The topological polar surface area (TPSA) is 75.7 Å². The van der Waals surface area contributed by atoms with Crippen LogP contribution in [0, 0.1) is 0 Å². The Morgan fingerprint density at radius 2 is 2.10 bits per heavy atom. The van der Waals surface area contributed by atoms with Crippen LogP contribution >= 0.6 is 0 Å². The second kappa shape index (κ2) is 5.95. The zero-order valence-electron chi connectivity index (χ0n) is 12.3. The molecule has 0 bridgehead atoms. The van der Waals surface area contributed by atoms with Crippen molar-refractivity contribution >= 4 is 23.3 Å². The van der Waals surface area contributed by atoms with E-state index in [1.165, 1.54) is 11.8 Å². The first-order valence-corrected chi connectivity index (χ1v) is 6.76. The molecular formula is C15H18N2O4. The zero-order chi connectivity index (χ0) is 15.6. The van der Waals surface area contributed by atoms with Crippen LogP contribution in [0.1, 0.15) is 31.1 Å². The Balaban J connectivity index is 2.30. The van der Waals surface area contributed by atoms with Crippen LogP contribution in [0.2, 0.25) is 0 Å². The predicted molar refractivity (Wildman–Crippen MR) is 77.6 cm³/mol. The van der Waals surface area contributed by atoms with Crippen molar-refractivity contribution in [3.05, 3.63) is 23.8 Å². The molecule has 1 aliphatic heterocycles. The number of fused-ring (bicyclic) bond motifs is 1. The molecule has 0 saturated carbocycles. The minimum absolute atomic E-state index is 0.00309. The van der Waals surface area contributed by atoms with Crippen LogP contribution in [0.25, 0.3) is 0 Å². The number of nitrogens with one attached hydrogen (secondary N) is 1. The quantitative estimate of drug-likeness (QED) is 0.844. The van der Waals surface area contributed by atoms with E-state index in [-0.39, 0.29) is 36.8 Å². The minimum atomic E-state index is -0.304. The van der Waals surface area contributed by atoms with E-state index in [1.54, 1.807) is 18.2 Å². The van der Waals surface area contributed by atoms with E-state index in [4.69, 9.17) is 4.74 Å². The Morgan fingerprint density at radius 3 is 2.71 bits per heavy atom. The highest BCUT2D eigenvalue weighted by molar-refractivity contribution is 6.04. The molecule has 1 aromatic rings. The summed E-state index contributed by atoms with van der Waals surface area (Å²) in [6.45, 7) is 4.95. The van der Waals surface area contributed by atoms with Crippen molar-refractivity contribution in [3.8, 4) is 5.75 Å². The molecule has 0 spiro atoms. The first-order valence-electron chi connectivity index (χ1n) is 6.76. The second-order valence-corrected chi connectivity index (χ2v) is 5.23. The zero-order valence-corrected chi connectivity index (χ0v) is 12.3. The van der Waals surface area contributed by atoms with Crippen molar-refractivity contribution in [1.29, 1.82) is 0 Å². The van der Waals surface area contributed by atoms with Crippen molar-refractivity contribution in [1.82, 2.24) is 5.32 Å². The van der Waals surface area contributed by atoms with E-state index in [0.717, 1.165) is 0 Å². The lowest BCUT2D eigenvalue weighted by molar-refractivity contribution is -0.125. The number of benzene rings is 1. The van der Waals surface area contributed by atoms with Gasteiger partial charge in [-0.2, -0.15) is 0 Å².